The summed E-state index contributed by atoms with van der Waals surface area (Å²) in [4.78, 5) is 56.6. The third kappa shape index (κ3) is 5.13. The molecule has 0 spiro atoms. The Morgan fingerprint density at radius 2 is 1.61 bits per heavy atom. The van der Waals surface area contributed by atoms with Crippen LogP contribution >= 0.6 is 23.2 Å². The van der Waals surface area contributed by atoms with Crippen molar-refractivity contribution in [3.05, 3.63) is 114 Å². The molecule has 13 nitrogen and oxygen atoms in total. The number of imide groups is 1. The number of hydrogen-bond acceptors (Lipinski definition) is 9. The number of fused-ring (bicyclic) bond motifs is 4. The van der Waals surface area contributed by atoms with E-state index in [4.69, 9.17) is 37.4 Å². The highest BCUT2D eigenvalue weighted by atomic mass is 35.5. The van der Waals surface area contributed by atoms with Crippen molar-refractivity contribution in [1.29, 1.82) is 0 Å². The highest BCUT2D eigenvalue weighted by Crippen LogP contribution is 2.59. The number of hydrogen-bond donors (Lipinski definition) is 2. The van der Waals surface area contributed by atoms with Gasteiger partial charge in [0, 0.05) is 18.0 Å². The molecule has 2 N–H and O–H groups in total. The van der Waals surface area contributed by atoms with E-state index in [0.717, 1.165) is 9.58 Å². The molecular weight excluding hydrogens is 701 g/mol. The average Bonchev–Trinajstić information content (AvgIpc) is 3.48. The first kappa shape index (κ1) is 34.1. The lowest BCUT2D eigenvalue weighted by molar-refractivity contribution is -0.138. The van der Waals surface area contributed by atoms with E-state index < -0.39 is 46.5 Å². The molecule has 1 aromatic heterocycles. The first-order valence-electron chi connectivity index (χ1n) is 15.9. The highest BCUT2D eigenvalue weighted by Gasteiger charge is 2.68. The minimum absolute atomic E-state index is 0.0313. The number of halogens is 2. The number of phenols is 1. The molecule has 7 rings (SSSR count). The highest BCUT2D eigenvalue weighted by molar-refractivity contribution is 6.36. The van der Waals surface area contributed by atoms with Crippen molar-refractivity contribution in [3.8, 4) is 23.0 Å². The number of anilines is 1. The number of methoxy groups -OCH3 is 3. The van der Waals surface area contributed by atoms with Crippen LogP contribution in [0.5, 0.6) is 23.0 Å². The summed E-state index contributed by atoms with van der Waals surface area (Å²) in [6.45, 7) is 0.0692. The van der Waals surface area contributed by atoms with Crippen molar-refractivity contribution in [2.45, 2.75) is 24.4 Å². The Hall–Kier alpha value is -5.40. The summed E-state index contributed by atoms with van der Waals surface area (Å²) in [5, 5.41) is 12.1. The van der Waals surface area contributed by atoms with E-state index in [0.29, 0.717) is 27.5 Å². The molecule has 0 unspecified atom stereocenters. The van der Waals surface area contributed by atoms with Crippen LogP contribution in [0, 0.1) is 11.8 Å². The van der Waals surface area contributed by atoms with Crippen LogP contribution in [0.2, 0.25) is 10.0 Å². The first-order chi connectivity index (χ1) is 24.5. The number of phenolic OH excluding ortho intramolecular Hbond substituents is 1. The number of benzene rings is 3. The normalized spacial score (nSPS) is 22.4. The fraction of sp³-hybridized carbons (Fsp3) is 0.278. The Kier molecular flexibility index (Phi) is 8.51. The van der Waals surface area contributed by atoms with Gasteiger partial charge in [0.2, 0.25) is 5.75 Å². The summed E-state index contributed by atoms with van der Waals surface area (Å²) in [6, 6.07) is 14.1. The lowest BCUT2D eigenvalue weighted by atomic mass is 9.54. The predicted octanol–water partition coefficient (Wildman–Crippen LogP) is 4.55. The Morgan fingerprint density at radius 1 is 0.922 bits per heavy atom. The predicted molar refractivity (Wildman–Crippen MR) is 190 cm³/mol. The van der Waals surface area contributed by atoms with Gasteiger partial charge in [0.25, 0.3) is 11.8 Å². The standard InChI is InChI=1S/C36H33Cl2N5O8/c1-40-34(47)41-14-13-23-24(11-5-19-15-29(50-3)31(44)30(16-19)51-4)36(20-6-9-22(49-2)10-7-20)25(18-28(23)43(41)35(40)48)32(45)42(33(36)46)39-27-12-8-21(37)17-26(27)38/h5-13,15-17,24-25,28,39,44H,14,18H2,1-4H3/t24-,25-,28+,36-/m0/s1. The van der Waals surface area contributed by atoms with Gasteiger partial charge in [0.1, 0.15) is 5.75 Å². The molecule has 264 valence electrons. The monoisotopic (exact) mass is 733 g/mol. The molecule has 15 heteroatoms. The number of amides is 2. The van der Waals surface area contributed by atoms with Crippen LogP contribution in [0.4, 0.5) is 5.69 Å². The van der Waals surface area contributed by atoms with Crippen LogP contribution < -0.4 is 31.0 Å². The van der Waals surface area contributed by atoms with E-state index in [1.54, 1.807) is 54.6 Å². The SMILES string of the molecule is COc1ccc([C@@]23C(=O)N(Nc4ccc(Cl)cc4Cl)C(=O)[C@@H]2C[C@@H]2C(=CCn4c(=O)n(C)c(=O)n42)[C@@H]3C=Cc2cc(OC)c(O)c(OC)c2)cc1. The van der Waals surface area contributed by atoms with E-state index in [1.807, 2.05) is 12.2 Å². The summed E-state index contributed by atoms with van der Waals surface area (Å²) in [5.74, 6) is -2.25. The van der Waals surface area contributed by atoms with Crippen LogP contribution in [0.15, 0.2) is 81.9 Å². The largest absolute Gasteiger partial charge is 0.502 e. The summed E-state index contributed by atoms with van der Waals surface area (Å²) >= 11 is 12.6. The molecule has 0 radical (unpaired) electrons. The third-order valence-electron chi connectivity index (χ3n) is 10.1. The van der Waals surface area contributed by atoms with E-state index >= 15 is 4.79 Å². The molecule has 2 aliphatic heterocycles. The molecule has 2 amide bonds. The van der Waals surface area contributed by atoms with Crippen LogP contribution in [0.1, 0.15) is 23.6 Å². The zero-order valence-corrected chi connectivity index (χ0v) is 29.4. The number of carbonyl (C=O) groups excluding carboxylic acids is 2. The molecule has 1 aliphatic carbocycles. The number of rotatable bonds is 8. The zero-order valence-electron chi connectivity index (χ0n) is 27.9. The van der Waals surface area contributed by atoms with Crippen molar-refractivity contribution in [2.75, 3.05) is 26.8 Å². The minimum Gasteiger partial charge on any atom is -0.502 e. The van der Waals surface area contributed by atoms with Gasteiger partial charge >= 0.3 is 11.4 Å². The second-order valence-electron chi connectivity index (χ2n) is 12.5. The topological polar surface area (TPSA) is 146 Å². The van der Waals surface area contributed by atoms with Crippen molar-refractivity contribution >= 4 is 46.8 Å². The van der Waals surface area contributed by atoms with E-state index in [1.165, 1.54) is 43.8 Å². The van der Waals surface area contributed by atoms with Gasteiger partial charge in [-0.05, 0) is 65.6 Å². The maximum atomic E-state index is 15.2. The van der Waals surface area contributed by atoms with Gasteiger partial charge in [-0.3, -0.25) is 15.0 Å². The molecule has 51 heavy (non-hydrogen) atoms. The number of aromatic hydroxyl groups is 1. The van der Waals surface area contributed by atoms with Gasteiger partial charge in [0.05, 0.1) is 56.0 Å². The van der Waals surface area contributed by atoms with Gasteiger partial charge < -0.3 is 19.3 Å². The average molecular weight is 735 g/mol. The minimum atomic E-state index is -1.54. The fourth-order valence-electron chi connectivity index (χ4n) is 7.68. The lowest BCUT2D eigenvalue weighted by Crippen LogP contribution is -2.54. The van der Waals surface area contributed by atoms with Crippen LogP contribution in [0.3, 0.4) is 0 Å². The number of carbonyl (C=O) groups is 2. The number of hydrazine groups is 1. The molecule has 1 saturated carbocycles. The molecule has 3 heterocycles. The zero-order chi connectivity index (χ0) is 36.4. The van der Waals surface area contributed by atoms with Crippen molar-refractivity contribution in [2.24, 2.45) is 18.9 Å². The first-order valence-corrected chi connectivity index (χ1v) is 16.7. The summed E-state index contributed by atoms with van der Waals surface area (Å²) in [5.41, 5.74) is 2.44. The quantitative estimate of drug-likeness (QED) is 0.197. The van der Waals surface area contributed by atoms with E-state index in [-0.39, 0.29) is 40.9 Å². The van der Waals surface area contributed by atoms with Crippen LogP contribution in [-0.2, 0) is 28.6 Å². The van der Waals surface area contributed by atoms with Gasteiger partial charge in [-0.1, -0.05) is 53.6 Å². The smallest absolute Gasteiger partial charge is 0.347 e. The Balaban J connectivity index is 1.47. The van der Waals surface area contributed by atoms with E-state index in [9.17, 15) is 19.5 Å². The van der Waals surface area contributed by atoms with Gasteiger partial charge in [-0.25, -0.2) is 23.5 Å². The maximum absolute atomic E-state index is 15.2. The Labute approximate surface area is 301 Å². The Bertz CT molecular complexity index is 2250. The fourth-order valence-corrected chi connectivity index (χ4v) is 8.13. The number of nitrogens with one attached hydrogen (secondary N) is 1. The Morgan fingerprint density at radius 3 is 2.24 bits per heavy atom. The molecule has 1 saturated heterocycles. The number of aromatic nitrogens is 3. The molecule has 3 aromatic carbocycles. The van der Waals surface area contributed by atoms with Crippen molar-refractivity contribution in [1.82, 2.24) is 18.9 Å². The van der Waals surface area contributed by atoms with Crippen molar-refractivity contribution < 1.29 is 28.9 Å². The van der Waals surface area contributed by atoms with Gasteiger partial charge in [-0.2, -0.15) is 5.01 Å². The summed E-state index contributed by atoms with van der Waals surface area (Å²) in [6.07, 6.45) is 5.44. The molecule has 3 aliphatic rings. The van der Waals surface area contributed by atoms with Crippen LogP contribution in [-0.4, -0.2) is 57.2 Å². The second kappa shape index (κ2) is 12.7. The molecule has 4 atom stereocenters. The molecule has 4 aromatic rings. The third-order valence-corrected chi connectivity index (χ3v) is 10.6. The number of allylic oxidation sites excluding steroid dienone is 3. The van der Waals surface area contributed by atoms with Gasteiger partial charge in [-0.15, -0.1) is 0 Å². The van der Waals surface area contributed by atoms with Crippen LogP contribution in [0.25, 0.3) is 6.08 Å². The lowest BCUT2D eigenvalue weighted by Gasteiger charge is -2.47. The summed E-state index contributed by atoms with van der Waals surface area (Å²) in [7, 11) is 5.77. The van der Waals surface area contributed by atoms with Crippen molar-refractivity contribution in [3.63, 3.8) is 0 Å². The second-order valence-corrected chi connectivity index (χ2v) is 13.3. The molecule has 2 fully saturated rings. The van der Waals surface area contributed by atoms with E-state index in [2.05, 4.69) is 5.43 Å². The molecule has 0 bridgehead atoms. The number of nitrogens with zero attached hydrogens (tertiary/aromatic N) is 4. The number of ether oxygens (including phenoxy) is 3. The maximum Gasteiger partial charge on any atom is 0.347 e. The van der Waals surface area contributed by atoms with Gasteiger partial charge in [0.15, 0.2) is 11.5 Å². The molecular formula is C36H33Cl2N5O8. The summed E-state index contributed by atoms with van der Waals surface area (Å²) < 4.78 is 19.9.